The minimum Gasteiger partial charge on any atom is -0.335 e. The molecule has 1 aromatic heterocycles. The van der Waals surface area contributed by atoms with Crippen LogP contribution >= 0.6 is 11.3 Å². The molecule has 1 aromatic rings. The highest BCUT2D eigenvalue weighted by Crippen LogP contribution is 2.19. The molecule has 0 atom stereocenters. The van der Waals surface area contributed by atoms with E-state index in [-0.39, 0.29) is 5.91 Å². The highest BCUT2D eigenvalue weighted by atomic mass is 32.1. The Morgan fingerprint density at radius 1 is 1.24 bits per heavy atom. The lowest BCUT2D eigenvalue weighted by molar-refractivity contribution is 0.0613. The molecule has 0 unspecified atom stereocenters. The number of carbonyl (C=O) groups is 1. The number of carbonyl (C=O) groups excluding carboxylic acids is 1. The second-order valence-corrected chi connectivity index (χ2v) is 7.48. The number of rotatable bonds is 3. The van der Waals surface area contributed by atoms with Gasteiger partial charge in [-0.2, -0.15) is 0 Å². The lowest BCUT2D eigenvalue weighted by atomic mass is 9.97. The summed E-state index contributed by atoms with van der Waals surface area (Å²) in [4.78, 5) is 19.1. The lowest BCUT2D eigenvalue weighted by Gasteiger charge is -2.37. The summed E-state index contributed by atoms with van der Waals surface area (Å²) < 4.78 is 0. The van der Waals surface area contributed by atoms with Crippen molar-refractivity contribution in [1.82, 2.24) is 15.1 Å². The summed E-state index contributed by atoms with van der Waals surface area (Å²) in [6, 6.07) is 4.00. The van der Waals surface area contributed by atoms with E-state index in [4.69, 9.17) is 0 Å². The fourth-order valence-electron chi connectivity index (χ4n) is 3.27. The summed E-state index contributed by atoms with van der Waals surface area (Å²) >= 11 is 1.61. The first-order valence-corrected chi connectivity index (χ1v) is 8.83. The molecule has 0 saturated carbocycles. The van der Waals surface area contributed by atoms with Gasteiger partial charge in [-0.3, -0.25) is 9.69 Å². The Morgan fingerprint density at radius 3 is 2.57 bits per heavy atom. The van der Waals surface area contributed by atoms with E-state index < -0.39 is 0 Å². The molecule has 21 heavy (non-hydrogen) atoms. The normalized spacial score (nSPS) is 21.7. The van der Waals surface area contributed by atoms with Crippen molar-refractivity contribution in [3.8, 4) is 0 Å². The van der Waals surface area contributed by atoms with Gasteiger partial charge in [0.05, 0.1) is 4.88 Å². The zero-order valence-electron chi connectivity index (χ0n) is 12.8. The first-order valence-electron chi connectivity index (χ1n) is 8.01. The maximum absolute atomic E-state index is 12.4. The van der Waals surface area contributed by atoms with Crippen LogP contribution in [0.25, 0.3) is 0 Å². The molecule has 1 amide bonds. The van der Waals surface area contributed by atoms with Crippen molar-refractivity contribution >= 4 is 17.2 Å². The van der Waals surface area contributed by atoms with Gasteiger partial charge in [0.1, 0.15) is 0 Å². The summed E-state index contributed by atoms with van der Waals surface area (Å²) in [6.45, 7) is 9.41. The van der Waals surface area contributed by atoms with Crippen LogP contribution in [0.5, 0.6) is 0 Å². The molecule has 1 N–H and O–H groups in total. The van der Waals surface area contributed by atoms with E-state index >= 15 is 0 Å². The Kier molecular flexibility index (Phi) is 4.93. The number of amides is 1. The van der Waals surface area contributed by atoms with Gasteiger partial charge < -0.3 is 10.2 Å². The summed E-state index contributed by atoms with van der Waals surface area (Å²) in [7, 11) is 0. The van der Waals surface area contributed by atoms with Gasteiger partial charge in [-0.05, 0) is 50.9 Å². The molecule has 3 heterocycles. The molecule has 0 spiro atoms. The van der Waals surface area contributed by atoms with Crippen molar-refractivity contribution in [2.45, 2.75) is 19.8 Å². The minimum absolute atomic E-state index is 0.217. The van der Waals surface area contributed by atoms with Crippen LogP contribution in [0, 0.1) is 12.8 Å². The van der Waals surface area contributed by atoms with Gasteiger partial charge in [-0.25, -0.2) is 0 Å². The first kappa shape index (κ1) is 15.0. The van der Waals surface area contributed by atoms with E-state index in [9.17, 15) is 4.79 Å². The molecular weight excluding hydrogens is 282 g/mol. The number of aryl methyl sites for hydroxylation is 1. The second kappa shape index (κ2) is 6.90. The summed E-state index contributed by atoms with van der Waals surface area (Å²) in [5.74, 6) is 1.06. The average molecular weight is 307 g/mol. The molecule has 0 radical (unpaired) electrons. The fourth-order valence-corrected chi connectivity index (χ4v) is 4.10. The quantitative estimate of drug-likeness (QED) is 0.925. The third kappa shape index (κ3) is 3.84. The maximum Gasteiger partial charge on any atom is 0.264 e. The van der Waals surface area contributed by atoms with Crippen molar-refractivity contribution < 1.29 is 4.79 Å². The minimum atomic E-state index is 0.217. The first-order chi connectivity index (χ1) is 10.2. The largest absolute Gasteiger partial charge is 0.335 e. The number of hydrogen-bond donors (Lipinski definition) is 1. The zero-order chi connectivity index (χ0) is 14.7. The highest BCUT2D eigenvalue weighted by Gasteiger charge is 2.24. The van der Waals surface area contributed by atoms with E-state index in [0.717, 1.165) is 37.0 Å². The molecule has 0 bridgehead atoms. The molecule has 5 heteroatoms. The van der Waals surface area contributed by atoms with Gasteiger partial charge in [0.15, 0.2) is 0 Å². The fraction of sp³-hybridized carbons (Fsp3) is 0.688. The Morgan fingerprint density at radius 2 is 1.95 bits per heavy atom. The summed E-state index contributed by atoms with van der Waals surface area (Å²) in [5.41, 5.74) is 0. The lowest BCUT2D eigenvalue weighted by Crippen LogP contribution is -2.50. The van der Waals surface area contributed by atoms with E-state index in [1.54, 1.807) is 11.3 Å². The number of hydrogen-bond acceptors (Lipinski definition) is 4. The van der Waals surface area contributed by atoms with Crippen LogP contribution in [0.2, 0.25) is 0 Å². The van der Waals surface area contributed by atoms with Crippen molar-refractivity contribution in [2.75, 3.05) is 45.8 Å². The Labute approximate surface area is 131 Å². The Hall–Kier alpha value is -0.910. The third-order valence-electron chi connectivity index (χ3n) is 4.59. The number of nitrogens with one attached hydrogen (secondary N) is 1. The van der Waals surface area contributed by atoms with Gasteiger partial charge in [-0.15, -0.1) is 11.3 Å². The van der Waals surface area contributed by atoms with Crippen LogP contribution in [0.3, 0.4) is 0 Å². The van der Waals surface area contributed by atoms with Crippen molar-refractivity contribution in [3.05, 3.63) is 21.9 Å². The van der Waals surface area contributed by atoms with Crippen LogP contribution in [0.15, 0.2) is 12.1 Å². The van der Waals surface area contributed by atoms with Crippen molar-refractivity contribution in [1.29, 1.82) is 0 Å². The molecule has 2 fully saturated rings. The summed E-state index contributed by atoms with van der Waals surface area (Å²) in [5, 5.41) is 3.42. The third-order valence-corrected chi connectivity index (χ3v) is 5.57. The molecule has 3 rings (SSSR count). The van der Waals surface area contributed by atoms with Gasteiger partial charge in [0, 0.05) is 37.6 Å². The second-order valence-electron chi connectivity index (χ2n) is 6.20. The molecule has 116 valence electrons. The Bertz CT molecular complexity index is 474. The number of piperidine rings is 1. The maximum atomic E-state index is 12.4. The predicted octanol–water partition coefficient (Wildman–Crippen LogP) is 1.81. The van der Waals surface area contributed by atoms with Crippen LogP contribution in [0.4, 0.5) is 0 Å². The molecular formula is C16H25N3OS. The van der Waals surface area contributed by atoms with Gasteiger partial charge in [-0.1, -0.05) is 0 Å². The van der Waals surface area contributed by atoms with Crippen LogP contribution in [0.1, 0.15) is 27.4 Å². The van der Waals surface area contributed by atoms with E-state index in [1.807, 2.05) is 17.0 Å². The molecule has 0 aromatic carbocycles. The smallest absolute Gasteiger partial charge is 0.264 e. The number of piperazine rings is 1. The highest BCUT2D eigenvalue weighted by molar-refractivity contribution is 7.13. The summed E-state index contributed by atoms with van der Waals surface area (Å²) in [6.07, 6.45) is 2.60. The molecule has 2 aliphatic rings. The van der Waals surface area contributed by atoms with E-state index in [1.165, 1.54) is 37.4 Å². The van der Waals surface area contributed by atoms with Gasteiger partial charge >= 0.3 is 0 Å². The Balaban J connectivity index is 1.47. The van der Waals surface area contributed by atoms with Gasteiger partial charge in [0.2, 0.25) is 0 Å². The van der Waals surface area contributed by atoms with Crippen LogP contribution in [-0.4, -0.2) is 61.5 Å². The van der Waals surface area contributed by atoms with E-state index in [2.05, 4.69) is 17.1 Å². The van der Waals surface area contributed by atoms with Crippen LogP contribution in [-0.2, 0) is 0 Å². The number of thiophene rings is 1. The molecule has 4 nitrogen and oxygen atoms in total. The topological polar surface area (TPSA) is 35.6 Å². The molecule has 2 aliphatic heterocycles. The van der Waals surface area contributed by atoms with Crippen molar-refractivity contribution in [3.63, 3.8) is 0 Å². The predicted molar refractivity (Wildman–Crippen MR) is 87.0 cm³/mol. The molecule has 0 aliphatic carbocycles. The SMILES string of the molecule is Cc1ccc(C(=O)N2CCN(CC3CCNCC3)CC2)s1. The monoisotopic (exact) mass is 307 g/mol. The average Bonchev–Trinajstić information content (AvgIpc) is 2.95. The van der Waals surface area contributed by atoms with Crippen LogP contribution < -0.4 is 5.32 Å². The zero-order valence-corrected chi connectivity index (χ0v) is 13.6. The number of nitrogens with zero attached hydrogens (tertiary/aromatic N) is 2. The van der Waals surface area contributed by atoms with Crippen molar-refractivity contribution in [2.24, 2.45) is 5.92 Å². The van der Waals surface area contributed by atoms with E-state index in [0.29, 0.717) is 0 Å². The standard InChI is InChI=1S/C16H25N3OS/c1-13-2-3-15(21-13)16(20)19-10-8-18(9-11-19)12-14-4-6-17-7-5-14/h2-3,14,17H,4-12H2,1H3. The molecule has 2 saturated heterocycles. The van der Waals surface area contributed by atoms with Gasteiger partial charge in [0.25, 0.3) is 5.91 Å².